The van der Waals surface area contributed by atoms with E-state index in [2.05, 4.69) is 15.0 Å². The van der Waals surface area contributed by atoms with Gasteiger partial charge in [0, 0.05) is 41.9 Å². The summed E-state index contributed by atoms with van der Waals surface area (Å²) in [6.45, 7) is 9.91. The van der Waals surface area contributed by atoms with Gasteiger partial charge in [-0.15, -0.1) is 0 Å². The minimum Gasteiger partial charge on any atom is -0.462 e. The molecule has 0 saturated carbocycles. The smallest absolute Gasteiger partial charge is 0.341 e. The van der Waals surface area contributed by atoms with Crippen LogP contribution in [0.15, 0.2) is 55.0 Å². The zero-order valence-corrected chi connectivity index (χ0v) is 17.8. The molecular formula is C22H26N4O4. The van der Waals surface area contributed by atoms with Gasteiger partial charge in [0.05, 0.1) is 17.2 Å². The fourth-order valence-corrected chi connectivity index (χ4v) is 2.34. The Bertz CT molecular complexity index is 945. The van der Waals surface area contributed by atoms with Crippen LogP contribution in [-0.4, -0.2) is 32.5 Å². The molecule has 0 bridgehead atoms. The second-order valence-electron chi connectivity index (χ2n) is 5.22. The minimum absolute atomic E-state index is 0.0482. The van der Waals surface area contributed by atoms with Crippen molar-refractivity contribution in [1.82, 2.24) is 15.0 Å². The first kappa shape index (κ1) is 24.4. The summed E-state index contributed by atoms with van der Waals surface area (Å²) in [6.07, 6.45) is 4.64. The SMILES string of the molecule is CC.CC.CCOC(=O)c1cnc(-c2cccnc2)nc1-c1ccc([N+](=O)[O-])cc1. The number of nitro groups is 1. The largest absolute Gasteiger partial charge is 0.462 e. The van der Waals surface area contributed by atoms with Crippen LogP contribution in [0, 0.1) is 10.1 Å². The summed E-state index contributed by atoms with van der Waals surface area (Å²) in [6, 6.07) is 9.34. The molecule has 2 aromatic heterocycles. The van der Waals surface area contributed by atoms with E-state index in [0.717, 1.165) is 0 Å². The number of rotatable bonds is 5. The molecule has 158 valence electrons. The lowest BCUT2D eigenvalue weighted by Gasteiger charge is -2.10. The lowest BCUT2D eigenvalue weighted by Crippen LogP contribution is -2.09. The molecule has 30 heavy (non-hydrogen) atoms. The molecule has 0 fully saturated rings. The predicted molar refractivity (Wildman–Crippen MR) is 116 cm³/mol. The van der Waals surface area contributed by atoms with Gasteiger partial charge in [0.2, 0.25) is 0 Å². The number of carbonyl (C=O) groups is 1. The molecule has 0 aliphatic heterocycles. The number of nitrogens with zero attached hydrogens (tertiary/aromatic N) is 4. The second-order valence-corrected chi connectivity index (χ2v) is 5.22. The maximum atomic E-state index is 12.2. The quantitative estimate of drug-likeness (QED) is 0.317. The lowest BCUT2D eigenvalue weighted by molar-refractivity contribution is -0.384. The second kappa shape index (κ2) is 12.7. The normalized spacial score (nSPS) is 9.37. The van der Waals surface area contributed by atoms with E-state index in [-0.39, 0.29) is 17.9 Å². The average Bonchev–Trinajstić information content (AvgIpc) is 2.82. The Morgan fingerprint density at radius 1 is 1.03 bits per heavy atom. The molecule has 3 aromatic rings. The molecule has 0 radical (unpaired) electrons. The van der Waals surface area contributed by atoms with Crippen molar-refractivity contribution in [3.05, 3.63) is 70.7 Å². The average molecular weight is 410 g/mol. The monoisotopic (exact) mass is 410 g/mol. The molecule has 0 aliphatic carbocycles. The third-order valence-corrected chi connectivity index (χ3v) is 3.56. The van der Waals surface area contributed by atoms with E-state index in [1.165, 1.54) is 30.5 Å². The molecule has 0 N–H and O–H groups in total. The number of nitro benzene ring substituents is 1. The highest BCUT2D eigenvalue weighted by atomic mass is 16.6. The summed E-state index contributed by atoms with van der Waals surface area (Å²) >= 11 is 0. The molecule has 0 unspecified atom stereocenters. The number of pyridine rings is 1. The third kappa shape index (κ3) is 6.16. The van der Waals surface area contributed by atoms with Crippen LogP contribution in [0.3, 0.4) is 0 Å². The van der Waals surface area contributed by atoms with E-state index in [9.17, 15) is 14.9 Å². The molecule has 0 atom stereocenters. The van der Waals surface area contributed by atoms with Gasteiger partial charge >= 0.3 is 5.97 Å². The molecule has 2 heterocycles. The van der Waals surface area contributed by atoms with Crippen LogP contribution in [0.4, 0.5) is 5.69 Å². The fraction of sp³-hybridized carbons (Fsp3) is 0.273. The van der Waals surface area contributed by atoms with Crippen LogP contribution < -0.4 is 0 Å². The van der Waals surface area contributed by atoms with Crippen LogP contribution in [0.5, 0.6) is 0 Å². The van der Waals surface area contributed by atoms with Gasteiger partial charge in [-0.05, 0) is 31.2 Å². The minimum atomic E-state index is -0.557. The number of ether oxygens (including phenoxy) is 1. The summed E-state index contributed by atoms with van der Waals surface area (Å²) in [5.74, 6) is -0.168. The summed E-state index contributed by atoms with van der Waals surface area (Å²) in [4.78, 5) is 35.3. The van der Waals surface area contributed by atoms with E-state index in [1.54, 1.807) is 31.5 Å². The number of hydrogen-bond donors (Lipinski definition) is 0. The van der Waals surface area contributed by atoms with Crippen molar-refractivity contribution in [1.29, 1.82) is 0 Å². The first-order valence-electron chi connectivity index (χ1n) is 9.79. The Balaban J connectivity index is 0.00000106. The third-order valence-electron chi connectivity index (χ3n) is 3.56. The van der Waals surface area contributed by atoms with Crippen molar-refractivity contribution in [2.24, 2.45) is 0 Å². The Hall–Kier alpha value is -3.68. The van der Waals surface area contributed by atoms with Gasteiger partial charge in [-0.25, -0.2) is 14.8 Å². The topological polar surface area (TPSA) is 108 Å². The van der Waals surface area contributed by atoms with Gasteiger partial charge in [0.15, 0.2) is 5.82 Å². The lowest BCUT2D eigenvalue weighted by atomic mass is 10.1. The zero-order valence-electron chi connectivity index (χ0n) is 17.8. The maximum absolute atomic E-state index is 12.2. The van der Waals surface area contributed by atoms with Gasteiger partial charge in [0.1, 0.15) is 5.56 Å². The number of non-ortho nitro benzene ring substituents is 1. The summed E-state index contributed by atoms with van der Waals surface area (Å²) < 4.78 is 5.06. The highest BCUT2D eigenvalue weighted by molar-refractivity contribution is 5.96. The molecular weight excluding hydrogens is 384 g/mol. The van der Waals surface area contributed by atoms with Gasteiger partial charge < -0.3 is 4.74 Å². The number of hydrogen-bond acceptors (Lipinski definition) is 7. The standard InChI is InChI=1S/C18H14N4O4.2C2H6/c1-2-26-18(23)15-11-20-17(13-4-3-9-19-10-13)21-16(15)12-5-7-14(8-6-12)22(24)25;2*1-2/h3-11H,2H2,1H3;2*1-2H3. The fourth-order valence-electron chi connectivity index (χ4n) is 2.34. The Morgan fingerprint density at radius 2 is 1.70 bits per heavy atom. The highest BCUT2D eigenvalue weighted by Gasteiger charge is 2.18. The van der Waals surface area contributed by atoms with Crippen LogP contribution in [0.25, 0.3) is 22.6 Å². The van der Waals surface area contributed by atoms with Crippen molar-refractivity contribution < 1.29 is 14.5 Å². The Labute approximate surface area is 176 Å². The summed E-state index contributed by atoms with van der Waals surface area (Å²) in [5.41, 5.74) is 1.71. The van der Waals surface area contributed by atoms with Gasteiger partial charge in [-0.2, -0.15) is 0 Å². The molecule has 3 rings (SSSR count). The van der Waals surface area contributed by atoms with Gasteiger partial charge in [-0.3, -0.25) is 15.1 Å². The summed E-state index contributed by atoms with van der Waals surface area (Å²) in [5, 5.41) is 10.8. The van der Waals surface area contributed by atoms with E-state index >= 15 is 0 Å². The first-order chi connectivity index (χ1) is 14.6. The van der Waals surface area contributed by atoms with E-state index in [1.807, 2.05) is 27.7 Å². The number of benzene rings is 1. The van der Waals surface area contributed by atoms with Crippen LogP contribution in [-0.2, 0) is 4.74 Å². The molecule has 0 amide bonds. The van der Waals surface area contributed by atoms with Crippen molar-refractivity contribution in [2.75, 3.05) is 6.61 Å². The van der Waals surface area contributed by atoms with E-state index < -0.39 is 10.9 Å². The number of carbonyl (C=O) groups excluding carboxylic acids is 1. The van der Waals surface area contributed by atoms with Crippen molar-refractivity contribution in [2.45, 2.75) is 34.6 Å². The Morgan fingerprint density at radius 3 is 2.23 bits per heavy atom. The van der Waals surface area contributed by atoms with Crippen LogP contribution >= 0.6 is 0 Å². The number of esters is 1. The number of aromatic nitrogens is 3. The molecule has 8 nitrogen and oxygen atoms in total. The van der Waals surface area contributed by atoms with Gasteiger partial charge in [-0.1, -0.05) is 27.7 Å². The van der Waals surface area contributed by atoms with E-state index in [4.69, 9.17) is 4.74 Å². The first-order valence-corrected chi connectivity index (χ1v) is 9.79. The molecule has 1 aromatic carbocycles. The maximum Gasteiger partial charge on any atom is 0.341 e. The van der Waals surface area contributed by atoms with Crippen molar-refractivity contribution in [3.63, 3.8) is 0 Å². The van der Waals surface area contributed by atoms with Crippen molar-refractivity contribution >= 4 is 11.7 Å². The van der Waals surface area contributed by atoms with E-state index in [0.29, 0.717) is 22.6 Å². The van der Waals surface area contributed by atoms with Crippen molar-refractivity contribution in [3.8, 4) is 22.6 Å². The Kier molecular flexibility index (Phi) is 10.3. The molecule has 0 spiro atoms. The highest BCUT2D eigenvalue weighted by Crippen LogP contribution is 2.26. The zero-order chi connectivity index (χ0) is 22.5. The van der Waals surface area contributed by atoms with Crippen LogP contribution in [0.2, 0.25) is 0 Å². The molecule has 8 heteroatoms. The predicted octanol–water partition coefficient (Wildman–Crippen LogP) is 5.34. The molecule has 0 aliphatic rings. The summed E-state index contributed by atoms with van der Waals surface area (Å²) in [7, 11) is 0. The van der Waals surface area contributed by atoms with Crippen LogP contribution in [0.1, 0.15) is 45.0 Å². The van der Waals surface area contributed by atoms with Gasteiger partial charge in [0.25, 0.3) is 5.69 Å². The molecule has 0 saturated heterocycles.